The average molecular weight is 180 g/mol. The molecule has 0 aromatic rings. The second kappa shape index (κ2) is 7.57. The summed E-state index contributed by atoms with van der Waals surface area (Å²) in [6.07, 6.45) is 0. The van der Waals surface area contributed by atoms with Crippen molar-refractivity contribution in [2.45, 2.75) is 0 Å². The summed E-state index contributed by atoms with van der Waals surface area (Å²) in [6.45, 7) is -1.10. The second-order valence-electron chi connectivity index (χ2n) is 1.56. The Morgan fingerprint density at radius 1 is 1.08 bits per heavy atom. The number of aliphatic hydroxyl groups is 2. The van der Waals surface area contributed by atoms with Crippen LogP contribution in [0.4, 0.5) is 9.59 Å². The molecule has 12 heavy (non-hydrogen) atoms. The summed E-state index contributed by atoms with van der Waals surface area (Å²) in [7, 11) is 0. The number of urea groups is 2. The minimum Gasteiger partial charge on any atom is -0.376 e. The van der Waals surface area contributed by atoms with Crippen LogP contribution in [0.1, 0.15) is 0 Å². The van der Waals surface area contributed by atoms with Gasteiger partial charge < -0.3 is 27.4 Å². The second-order valence-corrected chi connectivity index (χ2v) is 1.56. The topological polar surface area (TPSA) is 156 Å². The van der Waals surface area contributed by atoms with Crippen LogP contribution in [0.15, 0.2) is 0 Å². The Labute approximate surface area is 68.5 Å². The zero-order chi connectivity index (χ0) is 10.1. The SMILES string of the molecule is NC(=O)N(CO)CO.NC(N)=O. The first kappa shape index (κ1) is 13.1. The minimum absolute atomic E-state index is 0.550. The summed E-state index contributed by atoms with van der Waals surface area (Å²) < 4.78 is 0. The third-order valence-electron chi connectivity index (χ3n) is 0.653. The summed E-state index contributed by atoms with van der Waals surface area (Å²) in [5, 5.41) is 16.3. The highest BCUT2D eigenvalue weighted by Crippen LogP contribution is 1.78. The quantitative estimate of drug-likeness (QED) is 0.293. The zero-order valence-electron chi connectivity index (χ0n) is 6.30. The van der Waals surface area contributed by atoms with Crippen molar-refractivity contribution in [3.63, 3.8) is 0 Å². The number of rotatable bonds is 2. The van der Waals surface area contributed by atoms with E-state index in [0.29, 0.717) is 4.90 Å². The standard InChI is InChI=1S/C3H8N2O3.CH4N2O/c4-3(8)5(1-6)2-7;2-1(3)4/h6-7H,1-2H2,(H2,4,8);(H4,2,3,4). The molecule has 0 saturated carbocycles. The molecule has 0 radical (unpaired) electrons. The lowest BCUT2D eigenvalue weighted by molar-refractivity contribution is 0.0608. The van der Waals surface area contributed by atoms with Gasteiger partial charge in [0, 0.05) is 0 Å². The Bertz CT molecular complexity index is 142. The molecule has 0 atom stereocenters. The van der Waals surface area contributed by atoms with Crippen LogP contribution in [0.2, 0.25) is 0 Å². The average Bonchev–Trinajstić information content (AvgIpc) is 1.87. The van der Waals surface area contributed by atoms with Gasteiger partial charge in [0.25, 0.3) is 0 Å². The maximum atomic E-state index is 9.99. The number of hydrogen-bond acceptors (Lipinski definition) is 4. The van der Waals surface area contributed by atoms with Gasteiger partial charge in [-0.05, 0) is 0 Å². The molecule has 0 heterocycles. The van der Waals surface area contributed by atoms with E-state index in [1.807, 2.05) is 0 Å². The third kappa shape index (κ3) is 11.3. The summed E-state index contributed by atoms with van der Waals surface area (Å²) in [5.41, 5.74) is 13.1. The number of hydrogen-bond donors (Lipinski definition) is 5. The van der Waals surface area contributed by atoms with Crippen LogP contribution in [-0.4, -0.2) is 40.6 Å². The summed E-state index contributed by atoms with van der Waals surface area (Å²) in [6, 6.07) is -1.67. The highest BCUT2D eigenvalue weighted by molar-refractivity contribution is 5.71. The maximum Gasteiger partial charge on any atom is 0.318 e. The van der Waals surface area contributed by atoms with E-state index in [2.05, 4.69) is 17.2 Å². The van der Waals surface area contributed by atoms with Crippen molar-refractivity contribution < 1.29 is 19.8 Å². The largest absolute Gasteiger partial charge is 0.376 e. The predicted molar refractivity (Wildman–Crippen MR) is 39.4 cm³/mol. The Morgan fingerprint density at radius 2 is 1.33 bits per heavy atom. The van der Waals surface area contributed by atoms with Gasteiger partial charge in [-0.25, -0.2) is 9.59 Å². The molecule has 0 aliphatic heterocycles. The first-order valence-corrected chi connectivity index (χ1v) is 2.76. The van der Waals surface area contributed by atoms with Crippen molar-refractivity contribution in [2.75, 3.05) is 13.5 Å². The van der Waals surface area contributed by atoms with E-state index in [1.54, 1.807) is 0 Å². The minimum atomic E-state index is -0.838. The van der Waals surface area contributed by atoms with Gasteiger partial charge in [-0.1, -0.05) is 0 Å². The van der Waals surface area contributed by atoms with E-state index in [0.717, 1.165) is 0 Å². The van der Waals surface area contributed by atoms with E-state index in [4.69, 9.17) is 15.0 Å². The molecule has 0 fully saturated rings. The lowest BCUT2D eigenvalue weighted by Crippen LogP contribution is -2.36. The molecule has 8 heteroatoms. The molecule has 0 rings (SSSR count). The summed E-state index contributed by atoms with van der Waals surface area (Å²) in [4.78, 5) is 19.7. The lowest BCUT2D eigenvalue weighted by atomic mass is 10.8. The highest BCUT2D eigenvalue weighted by atomic mass is 16.3. The fourth-order valence-corrected chi connectivity index (χ4v) is 0.184. The Morgan fingerprint density at radius 3 is 1.33 bits per heavy atom. The molecule has 0 unspecified atom stereocenters. The van der Waals surface area contributed by atoms with Crippen LogP contribution in [-0.2, 0) is 0 Å². The van der Waals surface area contributed by atoms with E-state index in [1.165, 1.54) is 0 Å². The number of amides is 4. The van der Waals surface area contributed by atoms with Gasteiger partial charge in [-0.2, -0.15) is 0 Å². The van der Waals surface area contributed by atoms with E-state index in [-0.39, 0.29) is 0 Å². The molecule has 0 spiro atoms. The van der Waals surface area contributed by atoms with Crippen molar-refractivity contribution in [2.24, 2.45) is 17.2 Å². The van der Waals surface area contributed by atoms with Crippen molar-refractivity contribution in [3.05, 3.63) is 0 Å². The Kier molecular flexibility index (Phi) is 8.25. The molecular formula is C4H12N4O4. The van der Waals surface area contributed by atoms with E-state index >= 15 is 0 Å². The number of nitrogens with two attached hydrogens (primary N) is 3. The number of carbonyl (C=O) groups excluding carboxylic acids is 2. The first-order valence-electron chi connectivity index (χ1n) is 2.76. The fourth-order valence-electron chi connectivity index (χ4n) is 0.184. The van der Waals surface area contributed by atoms with E-state index in [9.17, 15) is 4.79 Å². The van der Waals surface area contributed by atoms with Gasteiger partial charge in [0.2, 0.25) is 0 Å². The molecule has 8 nitrogen and oxygen atoms in total. The molecule has 72 valence electrons. The van der Waals surface area contributed by atoms with Crippen molar-refractivity contribution in [1.29, 1.82) is 0 Å². The number of aliphatic hydroxyl groups excluding tert-OH is 2. The molecule has 0 saturated heterocycles. The monoisotopic (exact) mass is 180 g/mol. The van der Waals surface area contributed by atoms with Gasteiger partial charge in [0.1, 0.15) is 13.5 Å². The summed E-state index contributed by atoms with van der Waals surface area (Å²) >= 11 is 0. The van der Waals surface area contributed by atoms with Crippen molar-refractivity contribution in [1.82, 2.24) is 4.90 Å². The molecule has 0 aliphatic carbocycles. The fraction of sp³-hybridized carbons (Fsp3) is 0.500. The third-order valence-corrected chi connectivity index (χ3v) is 0.653. The molecule has 0 aromatic carbocycles. The highest BCUT2D eigenvalue weighted by Gasteiger charge is 2.02. The van der Waals surface area contributed by atoms with Gasteiger partial charge in [-0.3, -0.25) is 4.90 Å². The maximum absolute atomic E-state index is 9.99. The van der Waals surface area contributed by atoms with Gasteiger partial charge in [0.05, 0.1) is 0 Å². The number of carbonyl (C=O) groups is 2. The molecule has 4 amide bonds. The van der Waals surface area contributed by atoms with Crippen LogP contribution < -0.4 is 17.2 Å². The van der Waals surface area contributed by atoms with Gasteiger partial charge >= 0.3 is 12.1 Å². The van der Waals surface area contributed by atoms with Crippen molar-refractivity contribution >= 4 is 12.1 Å². The smallest absolute Gasteiger partial charge is 0.318 e. The van der Waals surface area contributed by atoms with Gasteiger partial charge in [-0.15, -0.1) is 0 Å². The zero-order valence-corrected chi connectivity index (χ0v) is 6.30. The van der Waals surface area contributed by atoms with Crippen molar-refractivity contribution in [3.8, 4) is 0 Å². The molecule has 8 N–H and O–H groups in total. The predicted octanol–water partition coefficient (Wildman–Crippen LogP) is -2.71. The normalized spacial score (nSPS) is 7.83. The molecule has 0 bridgehead atoms. The van der Waals surface area contributed by atoms with Gasteiger partial charge in [0.15, 0.2) is 0 Å². The summed E-state index contributed by atoms with van der Waals surface area (Å²) in [5.74, 6) is 0. The number of primary amides is 3. The van der Waals surface area contributed by atoms with Crippen LogP contribution >= 0.6 is 0 Å². The Hall–Kier alpha value is -1.54. The van der Waals surface area contributed by atoms with Crippen LogP contribution in [0.25, 0.3) is 0 Å². The van der Waals surface area contributed by atoms with Crippen LogP contribution in [0.5, 0.6) is 0 Å². The molecule has 0 aromatic heterocycles. The van der Waals surface area contributed by atoms with Crippen LogP contribution in [0.3, 0.4) is 0 Å². The number of nitrogens with zero attached hydrogens (tertiary/aromatic N) is 1. The molecule has 0 aliphatic rings. The van der Waals surface area contributed by atoms with E-state index < -0.39 is 25.5 Å². The van der Waals surface area contributed by atoms with Crippen LogP contribution in [0, 0.1) is 0 Å². The Balaban J connectivity index is 0. The first-order chi connectivity index (χ1) is 5.45. The lowest BCUT2D eigenvalue weighted by Gasteiger charge is -2.11. The molecular weight excluding hydrogens is 168 g/mol.